The van der Waals surface area contributed by atoms with Gasteiger partial charge in [-0.15, -0.1) is 0 Å². The van der Waals surface area contributed by atoms with Gasteiger partial charge in [0.25, 0.3) is 0 Å². The molecule has 9 aromatic rings. The average Bonchev–Trinajstić information content (AvgIpc) is 3.30. The minimum atomic E-state index is 0.620. The van der Waals surface area contributed by atoms with Gasteiger partial charge in [-0.05, 0) is 93.0 Å². The first-order valence-electron chi connectivity index (χ1n) is 19.5. The van der Waals surface area contributed by atoms with Gasteiger partial charge in [-0.1, -0.05) is 170 Å². The van der Waals surface area contributed by atoms with Crippen molar-refractivity contribution in [3.05, 3.63) is 212 Å². The molecular formula is C53H38N4. The molecule has 0 amide bonds. The summed E-state index contributed by atoms with van der Waals surface area (Å²) in [6.45, 7) is 0. The highest BCUT2D eigenvalue weighted by atomic mass is 15.2. The topological polar surface area (TPSA) is 41.9 Å². The standard InChI is InChI=1S/C53H38N4/c1-3-14-37(15-4-1)39-32-34-46(35-33-39)57(45-20-5-2-6-21-45)50-25-12-11-23-49(50)53-55-51(54-52(56-53)44-31-26-38-16-7-8-18-43(38)36-44)42-29-27-41(28-30-42)48-24-13-19-40-17-9-10-22-47(40)48/h1-5,7-20,22-36H,6,21H2. The van der Waals surface area contributed by atoms with Crippen molar-refractivity contribution in [1.82, 2.24) is 15.0 Å². The third kappa shape index (κ3) is 6.79. The van der Waals surface area contributed by atoms with E-state index in [2.05, 4.69) is 211 Å². The van der Waals surface area contributed by atoms with E-state index in [1.54, 1.807) is 0 Å². The molecule has 1 aliphatic carbocycles. The maximum Gasteiger partial charge on any atom is 0.166 e. The minimum Gasteiger partial charge on any atom is -0.313 e. The Morgan fingerprint density at radius 1 is 0.404 bits per heavy atom. The van der Waals surface area contributed by atoms with Crippen molar-refractivity contribution >= 4 is 32.9 Å². The van der Waals surface area contributed by atoms with Crippen molar-refractivity contribution in [2.45, 2.75) is 12.8 Å². The van der Waals surface area contributed by atoms with Crippen LogP contribution in [0.25, 0.3) is 78.0 Å². The molecule has 1 heterocycles. The Labute approximate surface area is 332 Å². The Hall–Kier alpha value is -7.43. The van der Waals surface area contributed by atoms with E-state index in [9.17, 15) is 0 Å². The number of aromatic nitrogens is 3. The van der Waals surface area contributed by atoms with Gasteiger partial charge in [0, 0.05) is 28.1 Å². The summed E-state index contributed by atoms with van der Waals surface area (Å²) in [5, 5.41) is 4.77. The maximum absolute atomic E-state index is 5.27. The molecule has 1 aromatic heterocycles. The van der Waals surface area contributed by atoms with E-state index in [4.69, 9.17) is 15.0 Å². The van der Waals surface area contributed by atoms with Crippen molar-refractivity contribution in [3.8, 4) is 56.4 Å². The van der Waals surface area contributed by atoms with Gasteiger partial charge in [0.15, 0.2) is 17.5 Å². The molecule has 1 aliphatic rings. The normalized spacial score (nSPS) is 12.5. The quantitative estimate of drug-likeness (QED) is 0.156. The fourth-order valence-corrected chi connectivity index (χ4v) is 7.89. The van der Waals surface area contributed by atoms with E-state index in [1.807, 2.05) is 0 Å². The molecule has 10 rings (SSSR count). The van der Waals surface area contributed by atoms with Crippen molar-refractivity contribution in [2.24, 2.45) is 0 Å². The minimum absolute atomic E-state index is 0.620. The lowest BCUT2D eigenvalue weighted by atomic mass is 9.97. The van der Waals surface area contributed by atoms with Gasteiger partial charge in [0.2, 0.25) is 0 Å². The second kappa shape index (κ2) is 15.0. The monoisotopic (exact) mass is 730 g/mol. The smallest absolute Gasteiger partial charge is 0.166 e. The van der Waals surface area contributed by atoms with E-state index in [0.717, 1.165) is 51.9 Å². The lowest BCUT2D eigenvalue weighted by Crippen LogP contribution is -2.18. The number of anilines is 2. The van der Waals surface area contributed by atoms with Crippen LogP contribution in [-0.2, 0) is 0 Å². The number of benzene rings is 8. The van der Waals surface area contributed by atoms with Crippen LogP contribution in [-0.4, -0.2) is 15.0 Å². The van der Waals surface area contributed by atoms with Crippen LogP contribution in [0.5, 0.6) is 0 Å². The summed E-state index contributed by atoms with van der Waals surface area (Å²) in [6, 6.07) is 66.3. The van der Waals surface area contributed by atoms with Gasteiger partial charge in [-0.3, -0.25) is 0 Å². The molecule has 57 heavy (non-hydrogen) atoms. The SMILES string of the molecule is C1=CCCC(N(c2ccc(-c3ccccc3)cc2)c2ccccc2-c2nc(-c3ccc(-c4cccc5ccccc45)cc3)nc(-c3ccc4ccccc4c3)n2)=C1. The molecule has 0 saturated heterocycles. The Morgan fingerprint density at radius 2 is 1.00 bits per heavy atom. The van der Waals surface area contributed by atoms with Crippen LogP contribution in [0.2, 0.25) is 0 Å². The molecule has 8 aromatic carbocycles. The third-order valence-electron chi connectivity index (χ3n) is 10.8. The van der Waals surface area contributed by atoms with Crippen LogP contribution < -0.4 is 4.90 Å². The van der Waals surface area contributed by atoms with Gasteiger partial charge in [-0.25, -0.2) is 15.0 Å². The highest BCUT2D eigenvalue weighted by Crippen LogP contribution is 2.40. The van der Waals surface area contributed by atoms with Crippen molar-refractivity contribution in [2.75, 3.05) is 4.90 Å². The Kier molecular flexibility index (Phi) is 8.98. The summed E-state index contributed by atoms with van der Waals surface area (Å²) in [6.07, 6.45) is 8.50. The molecule has 4 heteroatoms. The largest absolute Gasteiger partial charge is 0.313 e. The Balaban J connectivity index is 1.12. The molecule has 0 atom stereocenters. The fourth-order valence-electron chi connectivity index (χ4n) is 7.89. The van der Waals surface area contributed by atoms with E-state index < -0.39 is 0 Å². The summed E-state index contributed by atoms with van der Waals surface area (Å²) in [5.74, 6) is 1.88. The van der Waals surface area contributed by atoms with Gasteiger partial charge in [0.1, 0.15) is 0 Å². The zero-order chi connectivity index (χ0) is 38.0. The molecule has 4 nitrogen and oxygen atoms in total. The first-order chi connectivity index (χ1) is 28.2. The average molecular weight is 731 g/mol. The Morgan fingerprint density at radius 3 is 1.81 bits per heavy atom. The highest BCUT2D eigenvalue weighted by molar-refractivity contribution is 5.97. The molecular weight excluding hydrogens is 693 g/mol. The number of hydrogen-bond acceptors (Lipinski definition) is 4. The second-order valence-electron chi connectivity index (χ2n) is 14.4. The molecule has 0 fully saturated rings. The van der Waals surface area contributed by atoms with Crippen LogP contribution in [0.1, 0.15) is 12.8 Å². The summed E-state index contributed by atoms with van der Waals surface area (Å²) < 4.78 is 0. The number of fused-ring (bicyclic) bond motifs is 2. The lowest BCUT2D eigenvalue weighted by Gasteiger charge is -2.30. The van der Waals surface area contributed by atoms with Crippen LogP contribution in [0, 0.1) is 0 Å². The molecule has 0 saturated carbocycles. The molecule has 270 valence electrons. The summed E-state index contributed by atoms with van der Waals surface area (Å²) >= 11 is 0. The zero-order valence-corrected chi connectivity index (χ0v) is 31.3. The van der Waals surface area contributed by atoms with E-state index in [-0.39, 0.29) is 0 Å². The van der Waals surface area contributed by atoms with Crippen LogP contribution >= 0.6 is 0 Å². The van der Waals surface area contributed by atoms with Crippen molar-refractivity contribution in [3.63, 3.8) is 0 Å². The molecule has 0 unspecified atom stereocenters. The zero-order valence-electron chi connectivity index (χ0n) is 31.3. The molecule has 0 spiro atoms. The lowest BCUT2D eigenvalue weighted by molar-refractivity contribution is 0.917. The van der Waals surface area contributed by atoms with Crippen LogP contribution in [0.3, 0.4) is 0 Å². The second-order valence-corrected chi connectivity index (χ2v) is 14.4. The molecule has 0 bridgehead atoms. The predicted octanol–water partition coefficient (Wildman–Crippen LogP) is 13.9. The van der Waals surface area contributed by atoms with Gasteiger partial charge in [0.05, 0.1) is 5.69 Å². The maximum atomic E-state index is 5.27. The number of allylic oxidation sites excluding steroid dienone is 4. The number of rotatable bonds is 8. The number of hydrogen-bond donors (Lipinski definition) is 0. The van der Waals surface area contributed by atoms with Crippen LogP contribution in [0.4, 0.5) is 11.4 Å². The van der Waals surface area contributed by atoms with Crippen LogP contribution in [0.15, 0.2) is 212 Å². The van der Waals surface area contributed by atoms with E-state index in [0.29, 0.717) is 17.5 Å². The Bertz CT molecular complexity index is 2940. The summed E-state index contributed by atoms with van der Waals surface area (Å²) in [7, 11) is 0. The molecule has 0 aliphatic heterocycles. The first kappa shape index (κ1) is 34.1. The van der Waals surface area contributed by atoms with Gasteiger partial charge >= 0.3 is 0 Å². The first-order valence-corrected chi connectivity index (χ1v) is 19.5. The van der Waals surface area contributed by atoms with Gasteiger partial charge in [-0.2, -0.15) is 0 Å². The fraction of sp³-hybridized carbons (Fsp3) is 0.0377. The van der Waals surface area contributed by atoms with E-state index in [1.165, 1.54) is 38.5 Å². The molecule has 0 radical (unpaired) electrons. The van der Waals surface area contributed by atoms with Gasteiger partial charge < -0.3 is 4.90 Å². The highest BCUT2D eigenvalue weighted by Gasteiger charge is 2.22. The van der Waals surface area contributed by atoms with Crippen molar-refractivity contribution in [1.29, 1.82) is 0 Å². The summed E-state index contributed by atoms with van der Waals surface area (Å²) in [4.78, 5) is 18.1. The van der Waals surface area contributed by atoms with Crippen molar-refractivity contribution < 1.29 is 0 Å². The molecule has 0 N–H and O–H groups in total. The third-order valence-corrected chi connectivity index (χ3v) is 10.8. The predicted molar refractivity (Wildman–Crippen MR) is 237 cm³/mol. The number of para-hydroxylation sites is 1. The number of nitrogens with zero attached hydrogens (tertiary/aromatic N) is 4. The van der Waals surface area contributed by atoms with E-state index >= 15 is 0 Å². The summed E-state index contributed by atoms with van der Waals surface area (Å²) in [5.41, 5.74) is 10.8.